The van der Waals surface area contributed by atoms with Crippen LogP contribution in [0.15, 0.2) is 30.3 Å². The van der Waals surface area contributed by atoms with Gasteiger partial charge in [0.2, 0.25) is 5.91 Å². The summed E-state index contributed by atoms with van der Waals surface area (Å²) in [5.41, 5.74) is 0.601. The zero-order valence-electron chi connectivity index (χ0n) is 13.0. The molecule has 4 heteroatoms. The largest absolute Gasteiger partial charge is 0.343 e. The van der Waals surface area contributed by atoms with E-state index in [2.05, 4.69) is 5.32 Å². The lowest BCUT2D eigenvalue weighted by molar-refractivity contribution is -0.136. The molecular weight excluding hydrogens is 276 g/mol. The zero-order valence-corrected chi connectivity index (χ0v) is 13.0. The number of nitrogens with one attached hydrogen (secondary N) is 1. The lowest BCUT2D eigenvalue weighted by atomic mass is 9.78. The average Bonchev–Trinajstić information content (AvgIpc) is 2.59. The molecule has 1 aliphatic heterocycles. The average molecular weight is 300 g/mol. The Labute approximate surface area is 131 Å². The topological polar surface area (TPSA) is 49.4 Å². The lowest BCUT2D eigenvalue weighted by Crippen LogP contribution is -2.52. The van der Waals surface area contributed by atoms with Crippen molar-refractivity contribution < 1.29 is 9.59 Å². The molecule has 2 amide bonds. The fraction of sp³-hybridized carbons (Fsp3) is 0.556. The van der Waals surface area contributed by atoms with Gasteiger partial charge in [-0.05, 0) is 43.7 Å². The summed E-state index contributed by atoms with van der Waals surface area (Å²) in [5, 5.41) is 2.76. The molecule has 3 rings (SSSR count). The predicted octanol–water partition coefficient (Wildman–Crippen LogP) is 2.60. The minimum absolute atomic E-state index is 0.0703. The molecule has 4 nitrogen and oxygen atoms in total. The highest BCUT2D eigenvalue weighted by atomic mass is 16.2. The zero-order chi connectivity index (χ0) is 15.4. The Bertz CT molecular complexity index is 527. The maximum Gasteiger partial charge on any atom is 0.251 e. The van der Waals surface area contributed by atoms with Crippen LogP contribution < -0.4 is 5.32 Å². The van der Waals surface area contributed by atoms with Gasteiger partial charge in [-0.25, -0.2) is 0 Å². The van der Waals surface area contributed by atoms with Crippen LogP contribution in [-0.4, -0.2) is 35.8 Å². The first kappa shape index (κ1) is 15.1. The summed E-state index contributed by atoms with van der Waals surface area (Å²) in [6.07, 6.45) is 7.26. The Morgan fingerprint density at radius 1 is 1.05 bits per heavy atom. The third-order valence-corrected chi connectivity index (χ3v) is 5.00. The van der Waals surface area contributed by atoms with E-state index < -0.39 is 0 Å². The van der Waals surface area contributed by atoms with Crippen molar-refractivity contribution >= 4 is 11.8 Å². The molecule has 0 aromatic heterocycles. The SMILES string of the molecule is O=C(NCC(=O)N1CCC[C@H]2CCCC[C@@H]21)c1ccccc1. The highest BCUT2D eigenvalue weighted by molar-refractivity contribution is 5.96. The van der Waals surface area contributed by atoms with Crippen molar-refractivity contribution in [3.05, 3.63) is 35.9 Å². The molecule has 22 heavy (non-hydrogen) atoms. The summed E-state index contributed by atoms with van der Waals surface area (Å²) in [4.78, 5) is 26.6. The third-order valence-electron chi connectivity index (χ3n) is 5.00. The fourth-order valence-electron chi connectivity index (χ4n) is 3.88. The number of benzene rings is 1. The molecule has 118 valence electrons. The quantitative estimate of drug-likeness (QED) is 0.933. The van der Waals surface area contributed by atoms with E-state index in [4.69, 9.17) is 0 Å². The van der Waals surface area contributed by atoms with Crippen molar-refractivity contribution in [3.63, 3.8) is 0 Å². The van der Waals surface area contributed by atoms with Crippen LogP contribution in [0, 0.1) is 5.92 Å². The van der Waals surface area contributed by atoms with Crippen molar-refractivity contribution in [1.29, 1.82) is 0 Å². The van der Waals surface area contributed by atoms with E-state index in [-0.39, 0.29) is 18.4 Å². The Balaban J connectivity index is 1.56. The summed E-state index contributed by atoms with van der Waals surface area (Å²) < 4.78 is 0. The summed E-state index contributed by atoms with van der Waals surface area (Å²) in [7, 11) is 0. The van der Waals surface area contributed by atoms with Crippen LogP contribution in [0.1, 0.15) is 48.9 Å². The lowest BCUT2D eigenvalue weighted by Gasteiger charge is -2.44. The van der Waals surface area contributed by atoms with Gasteiger partial charge in [0, 0.05) is 18.2 Å². The van der Waals surface area contributed by atoms with Crippen LogP contribution in [0.3, 0.4) is 0 Å². The normalized spacial score (nSPS) is 24.5. The van der Waals surface area contributed by atoms with E-state index in [1.165, 1.54) is 25.7 Å². The fourth-order valence-corrected chi connectivity index (χ4v) is 3.88. The van der Waals surface area contributed by atoms with Gasteiger partial charge >= 0.3 is 0 Å². The van der Waals surface area contributed by atoms with E-state index in [1.807, 2.05) is 23.1 Å². The van der Waals surface area contributed by atoms with Gasteiger partial charge in [-0.15, -0.1) is 0 Å². The second kappa shape index (κ2) is 6.95. The number of amides is 2. The van der Waals surface area contributed by atoms with Gasteiger partial charge in [-0.3, -0.25) is 9.59 Å². The Hall–Kier alpha value is -1.84. The van der Waals surface area contributed by atoms with E-state index >= 15 is 0 Å². The van der Waals surface area contributed by atoms with Crippen molar-refractivity contribution in [2.24, 2.45) is 5.92 Å². The number of fused-ring (bicyclic) bond motifs is 1. The molecule has 0 unspecified atom stereocenters. The molecular formula is C18H24N2O2. The first-order valence-electron chi connectivity index (χ1n) is 8.38. The highest BCUT2D eigenvalue weighted by Gasteiger charge is 2.35. The molecule has 2 atom stereocenters. The minimum Gasteiger partial charge on any atom is -0.343 e. The van der Waals surface area contributed by atoms with Gasteiger partial charge < -0.3 is 10.2 Å². The van der Waals surface area contributed by atoms with Crippen LogP contribution in [0.4, 0.5) is 0 Å². The smallest absolute Gasteiger partial charge is 0.251 e. The number of likely N-dealkylation sites (tertiary alicyclic amines) is 1. The third kappa shape index (κ3) is 3.32. The molecule has 1 saturated carbocycles. The predicted molar refractivity (Wildman–Crippen MR) is 85.5 cm³/mol. The van der Waals surface area contributed by atoms with Gasteiger partial charge in [0.15, 0.2) is 0 Å². The number of carbonyl (C=O) groups excluding carboxylic acids is 2. The number of hydrogen-bond acceptors (Lipinski definition) is 2. The number of hydrogen-bond donors (Lipinski definition) is 1. The summed E-state index contributed by atoms with van der Waals surface area (Å²) in [6, 6.07) is 9.46. The van der Waals surface area contributed by atoms with Crippen LogP contribution in [0.25, 0.3) is 0 Å². The van der Waals surface area contributed by atoms with Crippen LogP contribution in [0.2, 0.25) is 0 Å². The van der Waals surface area contributed by atoms with E-state index in [0.29, 0.717) is 17.5 Å². The van der Waals surface area contributed by atoms with Crippen LogP contribution >= 0.6 is 0 Å². The minimum atomic E-state index is -0.175. The molecule has 1 aliphatic carbocycles. The Morgan fingerprint density at radius 3 is 2.59 bits per heavy atom. The molecule has 1 aromatic rings. The van der Waals surface area contributed by atoms with Crippen molar-refractivity contribution in [3.8, 4) is 0 Å². The monoisotopic (exact) mass is 300 g/mol. The molecule has 2 fully saturated rings. The van der Waals surface area contributed by atoms with Gasteiger partial charge in [-0.2, -0.15) is 0 Å². The number of rotatable bonds is 3. The van der Waals surface area contributed by atoms with E-state index in [0.717, 1.165) is 19.4 Å². The van der Waals surface area contributed by atoms with Crippen LogP contribution in [-0.2, 0) is 4.79 Å². The summed E-state index contributed by atoms with van der Waals surface area (Å²) >= 11 is 0. The molecule has 0 spiro atoms. The van der Waals surface area contributed by atoms with Crippen LogP contribution in [0.5, 0.6) is 0 Å². The van der Waals surface area contributed by atoms with Gasteiger partial charge in [-0.1, -0.05) is 31.0 Å². The maximum atomic E-state index is 12.5. The first-order valence-corrected chi connectivity index (χ1v) is 8.38. The van der Waals surface area contributed by atoms with Crippen molar-refractivity contribution in [2.45, 2.75) is 44.6 Å². The van der Waals surface area contributed by atoms with E-state index in [9.17, 15) is 9.59 Å². The van der Waals surface area contributed by atoms with Gasteiger partial charge in [0.05, 0.1) is 6.54 Å². The summed E-state index contributed by atoms with van der Waals surface area (Å²) in [5.74, 6) is 0.573. The van der Waals surface area contributed by atoms with E-state index in [1.54, 1.807) is 12.1 Å². The molecule has 0 bridgehead atoms. The molecule has 1 aromatic carbocycles. The first-order chi connectivity index (χ1) is 10.8. The molecule has 1 saturated heterocycles. The Kier molecular flexibility index (Phi) is 4.76. The van der Waals surface area contributed by atoms with Crippen molar-refractivity contribution in [2.75, 3.05) is 13.1 Å². The van der Waals surface area contributed by atoms with Crippen molar-refractivity contribution in [1.82, 2.24) is 10.2 Å². The Morgan fingerprint density at radius 2 is 1.77 bits per heavy atom. The molecule has 1 N–H and O–H groups in total. The maximum absolute atomic E-state index is 12.5. The number of carbonyl (C=O) groups is 2. The standard InChI is InChI=1S/C18H24N2O2/c21-17(13-19-18(22)15-8-2-1-3-9-15)20-12-6-10-14-7-4-5-11-16(14)20/h1-3,8-9,14,16H,4-7,10-13H2,(H,19,22)/t14-,16+/m1/s1. The summed E-state index contributed by atoms with van der Waals surface area (Å²) in [6.45, 7) is 0.957. The highest BCUT2D eigenvalue weighted by Crippen LogP contribution is 2.35. The molecule has 1 heterocycles. The number of piperidine rings is 1. The van der Waals surface area contributed by atoms with Gasteiger partial charge in [0.1, 0.15) is 0 Å². The molecule has 2 aliphatic rings. The van der Waals surface area contributed by atoms with Gasteiger partial charge in [0.25, 0.3) is 5.91 Å². The second-order valence-electron chi connectivity index (χ2n) is 6.39. The number of nitrogens with zero attached hydrogens (tertiary/aromatic N) is 1. The molecule has 0 radical (unpaired) electrons. The second-order valence-corrected chi connectivity index (χ2v) is 6.39.